The van der Waals surface area contributed by atoms with Crippen LogP contribution in [0.2, 0.25) is 0 Å². The van der Waals surface area contributed by atoms with Crippen molar-refractivity contribution in [3.05, 3.63) is 72.2 Å². The average molecular weight is 435 g/mol. The van der Waals surface area contributed by atoms with Crippen molar-refractivity contribution < 1.29 is 0 Å². The van der Waals surface area contributed by atoms with Crippen molar-refractivity contribution in [2.45, 2.75) is 89.9 Å². The van der Waals surface area contributed by atoms with Crippen molar-refractivity contribution in [2.24, 2.45) is 0 Å². The molecule has 2 heteroatoms. The van der Waals surface area contributed by atoms with E-state index in [1.54, 1.807) is 5.57 Å². The number of hydrogen-bond donors (Lipinski definition) is 0. The molecular weight excluding hydrogens is 388 g/mol. The second-order valence-electron chi connectivity index (χ2n) is 9.66. The Morgan fingerprint density at radius 2 is 1.25 bits per heavy atom. The first kappa shape index (κ1) is 24.7. The van der Waals surface area contributed by atoms with Crippen LogP contribution in [-0.2, 0) is 0 Å². The molecule has 0 saturated heterocycles. The highest BCUT2D eigenvalue weighted by Gasteiger charge is 2.07. The van der Waals surface area contributed by atoms with Crippen LogP contribution in [-0.4, -0.2) is 36.0 Å². The van der Waals surface area contributed by atoms with Gasteiger partial charge in [0.05, 0.1) is 0 Å². The zero-order chi connectivity index (χ0) is 22.1. The fraction of sp³-hybridized carbons (Fsp3) is 0.600. The number of allylic oxidation sites excluding steroid dienone is 8. The minimum Gasteiger partial charge on any atom is -0.373 e. The molecule has 0 aromatic rings. The van der Waals surface area contributed by atoms with Gasteiger partial charge in [0.15, 0.2) is 0 Å². The predicted octanol–water partition coefficient (Wildman–Crippen LogP) is 8.09. The van der Waals surface area contributed by atoms with Crippen molar-refractivity contribution >= 4 is 0 Å². The number of rotatable bonds is 0. The first-order valence-corrected chi connectivity index (χ1v) is 13.4. The largest absolute Gasteiger partial charge is 0.373 e. The summed E-state index contributed by atoms with van der Waals surface area (Å²) >= 11 is 0. The Hall–Kier alpha value is -1.96. The summed E-state index contributed by atoms with van der Waals surface area (Å²) in [5, 5.41) is 0. The molecule has 0 aromatic carbocycles. The Balaban J connectivity index is 1.42. The summed E-state index contributed by atoms with van der Waals surface area (Å²) in [6.45, 7) is 4.64. The van der Waals surface area contributed by atoms with Crippen LogP contribution < -0.4 is 0 Å². The van der Waals surface area contributed by atoms with E-state index in [-0.39, 0.29) is 0 Å². The maximum Gasteiger partial charge on any atom is 0.0386 e. The van der Waals surface area contributed by atoms with Crippen LogP contribution in [0.1, 0.15) is 89.9 Å². The van der Waals surface area contributed by atoms with Crippen molar-refractivity contribution in [1.29, 1.82) is 0 Å². The molecule has 3 rings (SSSR count). The molecule has 3 aliphatic rings. The Morgan fingerprint density at radius 1 is 0.594 bits per heavy atom. The van der Waals surface area contributed by atoms with Crippen molar-refractivity contribution in [3.8, 4) is 0 Å². The highest BCUT2D eigenvalue weighted by Crippen LogP contribution is 2.17. The summed E-state index contributed by atoms with van der Waals surface area (Å²) in [7, 11) is 0. The van der Waals surface area contributed by atoms with E-state index in [4.69, 9.17) is 0 Å². The third-order valence-electron chi connectivity index (χ3n) is 6.75. The van der Waals surface area contributed by atoms with Crippen molar-refractivity contribution in [1.82, 2.24) is 9.80 Å². The molecule has 3 aliphatic heterocycles. The van der Waals surface area contributed by atoms with E-state index in [0.717, 1.165) is 13.1 Å². The maximum absolute atomic E-state index is 2.51. The number of fused-ring (bicyclic) bond motifs is 3. The van der Waals surface area contributed by atoms with Gasteiger partial charge in [-0.15, -0.1) is 0 Å². The molecule has 0 amide bonds. The van der Waals surface area contributed by atoms with E-state index in [1.165, 1.54) is 109 Å². The fourth-order valence-electron chi connectivity index (χ4n) is 4.81. The summed E-state index contributed by atoms with van der Waals surface area (Å²) < 4.78 is 0. The SMILES string of the molecule is C1=CN2CCCCCCC=CCCC3=CN(CC=C3)CCCCCCC=CCCC(=C1)C2. The molecule has 0 aliphatic carbocycles. The second kappa shape index (κ2) is 15.8. The summed E-state index contributed by atoms with van der Waals surface area (Å²) in [4.78, 5) is 5.03. The van der Waals surface area contributed by atoms with Gasteiger partial charge in [0.1, 0.15) is 0 Å². The van der Waals surface area contributed by atoms with Crippen LogP contribution >= 0.6 is 0 Å². The molecule has 3 heterocycles. The molecule has 0 saturated carbocycles. The van der Waals surface area contributed by atoms with Crippen LogP contribution in [0.15, 0.2) is 72.2 Å². The molecule has 2 nitrogen and oxygen atoms in total. The van der Waals surface area contributed by atoms with Crippen molar-refractivity contribution in [3.63, 3.8) is 0 Å². The van der Waals surface area contributed by atoms with E-state index in [9.17, 15) is 0 Å². The van der Waals surface area contributed by atoms with Gasteiger partial charge in [-0.05, 0) is 82.1 Å². The lowest BCUT2D eigenvalue weighted by Gasteiger charge is -2.24. The van der Waals surface area contributed by atoms with Gasteiger partial charge in [0, 0.05) is 32.4 Å². The molecule has 32 heavy (non-hydrogen) atoms. The standard InChI is InChI=1S/C30H46N2/c1-3-7-11-15-23-31-25-18-22-30(28-31)20-14-10-6-2-4-8-12-16-24-32-26-17-21-29(27-32)19-13-9-5-1/h5-6,9-10,17-18,21-22,25,27H,1-4,7-8,11-16,19-20,23-24,26,28H2. The Morgan fingerprint density at radius 3 is 2.03 bits per heavy atom. The lowest BCUT2D eigenvalue weighted by Crippen LogP contribution is -2.23. The third kappa shape index (κ3) is 10.6. The molecule has 0 atom stereocenters. The van der Waals surface area contributed by atoms with Gasteiger partial charge in [-0.1, -0.05) is 73.8 Å². The zero-order valence-corrected chi connectivity index (χ0v) is 20.4. The van der Waals surface area contributed by atoms with Crippen molar-refractivity contribution in [2.75, 3.05) is 26.2 Å². The highest BCUT2D eigenvalue weighted by molar-refractivity contribution is 5.22. The second-order valence-corrected chi connectivity index (χ2v) is 9.66. The fourth-order valence-corrected chi connectivity index (χ4v) is 4.81. The molecular formula is C30H46N2. The topological polar surface area (TPSA) is 6.48 Å². The molecule has 0 fully saturated rings. The highest BCUT2D eigenvalue weighted by atomic mass is 15.1. The van der Waals surface area contributed by atoms with E-state index in [2.05, 4.69) is 70.8 Å². The molecule has 176 valence electrons. The normalized spacial score (nSPS) is 23.0. The molecule has 0 radical (unpaired) electrons. The quantitative estimate of drug-likeness (QED) is 0.355. The van der Waals surface area contributed by atoms with Gasteiger partial charge in [-0.3, -0.25) is 0 Å². The van der Waals surface area contributed by atoms with E-state index in [0.29, 0.717) is 0 Å². The third-order valence-corrected chi connectivity index (χ3v) is 6.75. The van der Waals surface area contributed by atoms with E-state index in [1.807, 2.05) is 0 Å². The summed E-state index contributed by atoms with van der Waals surface area (Å²) in [6.07, 6.45) is 41.6. The van der Waals surface area contributed by atoms with Gasteiger partial charge >= 0.3 is 0 Å². The predicted molar refractivity (Wildman–Crippen MR) is 141 cm³/mol. The van der Waals surface area contributed by atoms with Gasteiger partial charge in [0.25, 0.3) is 0 Å². The first-order valence-electron chi connectivity index (χ1n) is 13.4. The molecule has 0 N–H and O–H groups in total. The molecule has 0 spiro atoms. The Kier molecular flexibility index (Phi) is 12.2. The summed E-state index contributed by atoms with van der Waals surface area (Å²) in [5.74, 6) is 0. The van der Waals surface area contributed by atoms with E-state index >= 15 is 0 Å². The van der Waals surface area contributed by atoms with Crippen LogP contribution in [0.3, 0.4) is 0 Å². The Bertz CT molecular complexity index is 692. The monoisotopic (exact) mass is 434 g/mol. The van der Waals surface area contributed by atoms with Gasteiger partial charge in [-0.2, -0.15) is 0 Å². The minimum absolute atomic E-state index is 1.09. The van der Waals surface area contributed by atoms with Crippen LogP contribution in [0.5, 0.6) is 0 Å². The minimum atomic E-state index is 1.09. The summed E-state index contributed by atoms with van der Waals surface area (Å²) in [5.41, 5.74) is 3.09. The number of hydrogen-bond acceptors (Lipinski definition) is 2. The smallest absolute Gasteiger partial charge is 0.0386 e. The lowest BCUT2D eigenvalue weighted by atomic mass is 10.1. The zero-order valence-electron chi connectivity index (χ0n) is 20.4. The average Bonchev–Trinajstić information content (AvgIpc) is 2.81. The molecule has 4 bridgehead atoms. The summed E-state index contributed by atoms with van der Waals surface area (Å²) in [6, 6.07) is 0. The molecule has 0 aromatic heterocycles. The van der Waals surface area contributed by atoms with Crippen LogP contribution in [0.4, 0.5) is 0 Å². The van der Waals surface area contributed by atoms with Crippen LogP contribution in [0, 0.1) is 0 Å². The van der Waals surface area contributed by atoms with Gasteiger partial charge in [0.2, 0.25) is 0 Å². The first-order chi connectivity index (χ1) is 15.9. The van der Waals surface area contributed by atoms with Crippen LogP contribution in [0.25, 0.3) is 0 Å². The van der Waals surface area contributed by atoms with Gasteiger partial charge in [-0.25, -0.2) is 0 Å². The number of nitrogens with zero attached hydrogens (tertiary/aromatic N) is 2. The Labute approximate surface area is 198 Å². The molecule has 0 unspecified atom stereocenters. The van der Waals surface area contributed by atoms with E-state index < -0.39 is 0 Å². The van der Waals surface area contributed by atoms with Gasteiger partial charge < -0.3 is 9.80 Å². The lowest BCUT2D eigenvalue weighted by molar-refractivity contribution is 0.381. The maximum atomic E-state index is 2.51.